The second kappa shape index (κ2) is 9.43. The van der Waals surface area contributed by atoms with Crippen LogP contribution in [0.3, 0.4) is 0 Å². The largest absolute Gasteiger partial charge is 0.435 e. The smallest absolute Gasteiger partial charge is 0.374 e. The molecule has 1 unspecified atom stereocenters. The first-order chi connectivity index (χ1) is 15.4. The summed E-state index contributed by atoms with van der Waals surface area (Å²) in [6.45, 7) is 1.23. The average Bonchev–Trinajstić information content (AvgIpc) is 3.35. The number of nitrogens with zero attached hydrogens (tertiary/aromatic N) is 1. The molecule has 3 rings (SSSR count). The molecular formula is C20H13Cl3F3N3O3S. The molecule has 2 aromatic rings. The molecule has 1 atom stereocenters. The standard InChI is InChI=1S/C20H13Cl3F3N3O3S/c1-3-27-15(30)8-28-18(31)17-9(2)4-14(33-17)13-7-19(32-29-13,20(24,25)26)10-5-11(21)16(23)12(22)6-10/h1,4-6H,7-8H2,2H3,(H,27,30)(H,28,31). The number of hydrogen-bond donors (Lipinski definition) is 2. The van der Waals surface area contributed by atoms with Gasteiger partial charge in [-0.2, -0.15) is 13.2 Å². The minimum absolute atomic E-state index is 0.0215. The van der Waals surface area contributed by atoms with Gasteiger partial charge in [0, 0.05) is 11.6 Å². The second-order valence-corrected chi connectivity index (χ2v) is 9.13. The molecule has 0 fully saturated rings. The van der Waals surface area contributed by atoms with Gasteiger partial charge < -0.3 is 10.2 Å². The summed E-state index contributed by atoms with van der Waals surface area (Å²) in [5.74, 6) is -1.18. The van der Waals surface area contributed by atoms with E-state index in [-0.39, 0.29) is 37.8 Å². The summed E-state index contributed by atoms with van der Waals surface area (Å²) in [4.78, 5) is 29.3. The molecular weight excluding hydrogens is 526 g/mol. The van der Waals surface area contributed by atoms with E-state index in [1.807, 2.05) is 6.04 Å². The van der Waals surface area contributed by atoms with E-state index in [4.69, 9.17) is 46.1 Å². The van der Waals surface area contributed by atoms with Gasteiger partial charge in [-0.15, -0.1) is 11.3 Å². The minimum Gasteiger partial charge on any atom is -0.374 e. The predicted octanol–water partition coefficient (Wildman–Crippen LogP) is 5.04. The normalized spacial score (nSPS) is 17.7. The Labute approximate surface area is 205 Å². The number of aryl methyl sites for hydroxylation is 1. The summed E-state index contributed by atoms with van der Waals surface area (Å²) in [6.07, 6.45) is -0.620. The van der Waals surface area contributed by atoms with Crippen molar-refractivity contribution in [1.82, 2.24) is 10.6 Å². The number of terminal acetylenes is 1. The van der Waals surface area contributed by atoms with Crippen LogP contribution in [0.5, 0.6) is 0 Å². The van der Waals surface area contributed by atoms with Gasteiger partial charge in [-0.1, -0.05) is 46.4 Å². The van der Waals surface area contributed by atoms with Crippen LogP contribution < -0.4 is 10.6 Å². The van der Waals surface area contributed by atoms with Crippen LogP contribution in [0.2, 0.25) is 15.1 Å². The molecule has 2 amide bonds. The van der Waals surface area contributed by atoms with Crippen LogP contribution in [0.25, 0.3) is 0 Å². The summed E-state index contributed by atoms with van der Waals surface area (Å²) in [5, 5.41) is 7.71. The lowest BCUT2D eigenvalue weighted by molar-refractivity contribution is -0.275. The summed E-state index contributed by atoms with van der Waals surface area (Å²) >= 11 is 18.6. The van der Waals surface area contributed by atoms with Crippen molar-refractivity contribution in [3.63, 3.8) is 0 Å². The highest BCUT2D eigenvalue weighted by molar-refractivity contribution is 7.16. The van der Waals surface area contributed by atoms with E-state index >= 15 is 0 Å². The third-order valence-electron chi connectivity index (χ3n) is 4.67. The van der Waals surface area contributed by atoms with Crippen LogP contribution in [0.15, 0.2) is 23.4 Å². The predicted molar refractivity (Wildman–Crippen MR) is 120 cm³/mol. The van der Waals surface area contributed by atoms with Crippen molar-refractivity contribution in [2.45, 2.75) is 25.1 Å². The van der Waals surface area contributed by atoms with E-state index < -0.39 is 30.0 Å². The Hall–Kier alpha value is -2.45. The Morgan fingerprint density at radius 1 is 1.27 bits per heavy atom. The number of oxime groups is 1. The lowest BCUT2D eigenvalue weighted by atomic mass is 9.88. The average molecular weight is 539 g/mol. The minimum atomic E-state index is -4.88. The Bertz CT molecular complexity index is 1180. The van der Waals surface area contributed by atoms with Crippen molar-refractivity contribution in [3.8, 4) is 12.5 Å². The molecule has 1 aliphatic heterocycles. The molecule has 0 bridgehead atoms. The van der Waals surface area contributed by atoms with Crippen LogP contribution in [-0.4, -0.2) is 30.2 Å². The van der Waals surface area contributed by atoms with Crippen LogP contribution in [0.4, 0.5) is 13.2 Å². The van der Waals surface area contributed by atoms with Crippen molar-refractivity contribution in [1.29, 1.82) is 0 Å². The maximum atomic E-state index is 14.2. The molecule has 0 radical (unpaired) electrons. The maximum Gasteiger partial charge on any atom is 0.435 e. The number of benzene rings is 1. The molecule has 0 spiro atoms. The monoisotopic (exact) mass is 537 g/mol. The lowest BCUT2D eigenvalue weighted by Gasteiger charge is -2.29. The molecule has 33 heavy (non-hydrogen) atoms. The van der Waals surface area contributed by atoms with Crippen molar-refractivity contribution in [2.75, 3.05) is 6.54 Å². The summed E-state index contributed by atoms with van der Waals surface area (Å²) < 4.78 is 42.5. The quantitative estimate of drug-likeness (QED) is 0.318. The number of halogens is 6. The van der Waals surface area contributed by atoms with Gasteiger partial charge in [0.15, 0.2) is 0 Å². The SMILES string of the molecule is C#CNC(=O)CNC(=O)c1sc(C2=NOC(c3cc(Cl)c(Cl)c(Cl)c3)(C(F)(F)F)C2)cc1C. The summed E-state index contributed by atoms with van der Waals surface area (Å²) in [6, 6.07) is 5.50. The summed E-state index contributed by atoms with van der Waals surface area (Å²) in [5.41, 5.74) is -2.74. The van der Waals surface area contributed by atoms with E-state index in [0.29, 0.717) is 10.4 Å². The third kappa shape index (κ3) is 4.92. The molecule has 1 aromatic heterocycles. The van der Waals surface area contributed by atoms with Crippen molar-refractivity contribution in [3.05, 3.63) is 54.1 Å². The number of thiophene rings is 1. The fourth-order valence-corrected chi connectivity index (χ4v) is 4.70. The van der Waals surface area contributed by atoms with Crippen molar-refractivity contribution in [2.24, 2.45) is 5.16 Å². The number of nitrogens with one attached hydrogen (secondary N) is 2. The topological polar surface area (TPSA) is 79.8 Å². The highest BCUT2D eigenvalue weighted by Gasteiger charge is 2.62. The van der Waals surface area contributed by atoms with Gasteiger partial charge in [-0.05, 0) is 30.7 Å². The fraction of sp³-hybridized carbons (Fsp3) is 0.250. The highest BCUT2D eigenvalue weighted by Crippen LogP contribution is 2.51. The zero-order chi connectivity index (χ0) is 24.6. The number of carbonyl (C=O) groups excluding carboxylic acids is 2. The van der Waals surface area contributed by atoms with Crippen molar-refractivity contribution < 1.29 is 27.6 Å². The molecule has 0 aliphatic carbocycles. The molecule has 174 valence electrons. The van der Waals surface area contributed by atoms with E-state index in [2.05, 4.69) is 15.8 Å². The van der Waals surface area contributed by atoms with Gasteiger partial charge in [0.25, 0.3) is 17.4 Å². The zero-order valence-electron chi connectivity index (χ0n) is 16.6. The molecule has 1 aliphatic rings. The first-order valence-electron chi connectivity index (χ1n) is 9.00. The zero-order valence-corrected chi connectivity index (χ0v) is 19.7. The molecule has 0 saturated carbocycles. The third-order valence-corrected chi connectivity index (χ3v) is 7.15. The molecule has 13 heteroatoms. The van der Waals surface area contributed by atoms with E-state index in [1.165, 1.54) is 6.07 Å². The fourth-order valence-electron chi connectivity index (χ4n) is 3.04. The van der Waals surface area contributed by atoms with E-state index in [1.54, 1.807) is 6.92 Å². The first kappa shape index (κ1) is 25.2. The van der Waals surface area contributed by atoms with Gasteiger partial charge in [0.05, 0.1) is 37.8 Å². The number of amides is 2. The molecule has 2 N–H and O–H groups in total. The van der Waals surface area contributed by atoms with Gasteiger partial charge in [0.1, 0.15) is 5.71 Å². The van der Waals surface area contributed by atoms with E-state index in [0.717, 1.165) is 23.5 Å². The summed E-state index contributed by atoms with van der Waals surface area (Å²) in [7, 11) is 0. The van der Waals surface area contributed by atoms with Crippen LogP contribution >= 0.6 is 46.1 Å². The van der Waals surface area contributed by atoms with Gasteiger partial charge in [-0.25, -0.2) is 0 Å². The highest BCUT2D eigenvalue weighted by atomic mass is 35.5. The Kier molecular flexibility index (Phi) is 7.19. The first-order valence-corrected chi connectivity index (χ1v) is 10.9. The second-order valence-electron chi connectivity index (χ2n) is 6.88. The lowest BCUT2D eigenvalue weighted by Crippen LogP contribution is -2.42. The van der Waals surface area contributed by atoms with Gasteiger partial charge in [-0.3, -0.25) is 14.9 Å². The molecule has 2 heterocycles. The molecule has 6 nitrogen and oxygen atoms in total. The Morgan fingerprint density at radius 2 is 1.91 bits per heavy atom. The number of hydrogen-bond acceptors (Lipinski definition) is 5. The van der Waals surface area contributed by atoms with Gasteiger partial charge in [0.2, 0.25) is 0 Å². The number of carbonyl (C=O) groups is 2. The van der Waals surface area contributed by atoms with Crippen LogP contribution in [-0.2, 0) is 15.2 Å². The number of rotatable bonds is 5. The van der Waals surface area contributed by atoms with Crippen LogP contribution in [0, 0.1) is 19.4 Å². The molecule has 0 saturated heterocycles. The molecule has 1 aromatic carbocycles. The Balaban J connectivity index is 1.88. The Morgan fingerprint density at radius 3 is 2.48 bits per heavy atom. The van der Waals surface area contributed by atoms with Crippen molar-refractivity contribution >= 4 is 63.7 Å². The van der Waals surface area contributed by atoms with E-state index in [9.17, 15) is 22.8 Å². The van der Waals surface area contributed by atoms with Crippen LogP contribution in [0.1, 0.15) is 32.1 Å². The number of alkyl halides is 3. The maximum absolute atomic E-state index is 14.2. The van der Waals surface area contributed by atoms with Gasteiger partial charge >= 0.3 is 6.18 Å².